The van der Waals surface area contributed by atoms with E-state index in [1.807, 2.05) is 18.2 Å². The third-order valence-electron chi connectivity index (χ3n) is 4.47. The molecule has 0 amide bonds. The number of carboxylic acid groups (broad SMARTS) is 1. The van der Waals surface area contributed by atoms with E-state index >= 15 is 0 Å². The van der Waals surface area contributed by atoms with Gasteiger partial charge in [0.05, 0.1) is 29.8 Å². The first-order chi connectivity index (χ1) is 13.8. The van der Waals surface area contributed by atoms with Gasteiger partial charge in [-0.15, -0.1) is 0 Å². The van der Waals surface area contributed by atoms with E-state index in [4.69, 9.17) is 4.74 Å². The molecular formula is C22H21NO5S. The highest BCUT2D eigenvalue weighted by atomic mass is 32.2. The molecule has 0 fully saturated rings. The summed E-state index contributed by atoms with van der Waals surface area (Å²) >= 11 is 0. The zero-order valence-corrected chi connectivity index (χ0v) is 16.9. The number of hydrogen-bond acceptors (Lipinski definition) is 4. The molecule has 1 N–H and O–H groups in total. The molecular weight excluding hydrogens is 390 g/mol. The molecule has 0 radical (unpaired) electrons. The van der Waals surface area contributed by atoms with Gasteiger partial charge in [-0.05, 0) is 54.4 Å². The lowest BCUT2D eigenvalue weighted by Gasteiger charge is -2.26. The van der Waals surface area contributed by atoms with E-state index in [2.05, 4.69) is 0 Å². The van der Waals surface area contributed by atoms with E-state index in [0.29, 0.717) is 5.75 Å². The van der Waals surface area contributed by atoms with Crippen molar-refractivity contribution in [1.82, 2.24) is 0 Å². The van der Waals surface area contributed by atoms with Crippen LogP contribution in [0, 0.1) is 6.92 Å². The highest BCUT2D eigenvalue weighted by molar-refractivity contribution is 7.92. The van der Waals surface area contributed by atoms with E-state index in [0.717, 1.165) is 15.4 Å². The normalized spacial score (nSPS) is 11.1. The molecule has 0 bridgehead atoms. The second kappa shape index (κ2) is 8.36. The minimum absolute atomic E-state index is 0.00106. The average Bonchev–Trinajstić information content (AvgIpc) is 2.72. The predicted molar refractivity (Wildman–Crippen MR) is 111 cm³/mol. The molecule has 3 rings (SSSR count). The van der Waals surface area contributed by atoms with Crippen molar-refractivity contribution in [3.8, 4) is 5.75 Å². The van der Waals surface area contributed by atoms with Gasteiger partial charge in [-0.3, -0.25) is 4.31 Å². The van der Waals surface area contributed by atoms with Gasteiger partial charge in [0.25, 0.3) is 10.0 Å². The third-order valence-corrected chi connectivity index (χ3v) is 6.24. The van der Waals surface area contributed by atoms with Crippen LogP contribution < -0.4 is 9.04 Å². The molecule has 0 aliphatic carbocycles. The van der Waals surface area contributed by atoms with Crippen LogP contribution in [0.5, 0.6) is 5.75 Å². The predicted octanol–water partition coefficient (Wildman–Crippen LogP) is 4.10. The topological polar surface area (TPSA) is 83.9 Å². The number of anilines is 1. The van der Waals surface area contributed by atoms with Gasteiger partial charge >= 0.3 is 5.97 Å². The van der Waals surface area contributed by atoms with Gasteiger partial charge in [0.2, 0.25) is 0 Å². The molecule has 0 aliphatic heterocycles. The standard InChI is InChI=1S/C22H21NO5S/c1-16-8-13-20(22(24)25)21(14-16)23(15-17-6-4-3-5-7-17)29(26,27)19-11-9-18(28-2)10-12-19/h3-14H,15H2,1-2H3,(H,24,25). The van der Waals surface area contributed by atoms with Crippen molar-refractivity contribution in [3.63, 3.8) is 0 Å². The van der Waals surface area contributed by atoms with Crippen molar-refractivity contribution < 1.29 is 23.1 Å². The van der Waals surface area contributed by atoms with Crippen molar-refractivity contribution in [1.29, 1.82) is 0 Å². The molecule has 0 aromatic heterocycles. The monoisotopic (exact) mass is 411 g/mol. The summed E-state index contributed by atoms with van der Waals surface area (Å²) in [5.41, 5.74) is 1.54. The Balaban J connectivity index is 2.18. The fourth-order valence-corrected chi connectivity index (χ4v) is 4.42. The maximum Gasteiger partial charge on any atom is 0.337 e. The third kappa shape index (κ3) is 4.41. The first-order valence-corrected chi connectivity index (χ1v) is 10.3. The molecule has 0 heterocycles. The van der Waals surface area contributed by atoms with Gasteiger partial charge in [0, 0.05) is 0 Å². The maximum atomic E-state index is 13.5. The number of rotatable bonds is 7. The summed E-state index contributed by atoms with van der Waals surface area (Å²) in [6, 6.07) is 19.7. The Morgan fingerprint density at radius 1 is 1.00 bits per heavy atom. The highest BCUT2D eigenvalue weighted by Gasteiger charge is 2.29. The lowest BCUT2D eigenvalue weighted by molar-refractivity contribution is 0.0697. The second-order valence-electron chi connectivity index (χ2n) is 6.50. The van der Waals surface area contributed by atoms with Crippen LogP contribution in [0.1, 0.15) is 21.5 Å². The minimum atomic E-state index is -4.04. The van der Waals surface area contributed by atoms with Crippen LogP contribution in [-0.2, 0) is 16.6 Å². The number of aromatic carboxylic acids is 1. The van der Waals surface area contributed by atoms with Crippen LogP contribution in [0.2, 0.25) is 0 Å². The number of aryl methyl sites for hydroxylation is 1. The van der Waals surface area contributed by atoms with Crippen LogP contribution >= 0.6 is 0 Å². The molecule has 0 unspecified atom stereocenters. The Labute approximate surface area is 170 Å². The Morgan fingerprint density at radius 2 is 1.66 bits per heavy atom. The fraction of sp³-hybridized carbons (Fsp3) is 0.136. The molecule has 0 saturated carbocycles. The maximum absolute atomic E-state index is 13.5. The number of nitrogens with zero attached hydrogens (tertiary/aromatic N) is 1. The van der Waals surface area contributed by atoms with Crippen LogP contribution in [0.15, 0.2) is 77.7 Å². The van der Waals surface area contributed by atoms with Gasteiger partial charge in [0.1, 0.15) is 5.75 Å². The van der Waals surface area contributed by atoms with E-state index < -0.39 is 16.0 Å². The summed E-state index contributed by atoms with van der Waals surface area (Å²) in [5.74, 6) is -0.664. The molecule has 6 nitrogen and oxygen atoms in total. The second-order valence-corrected chi connectivity index (χ2v) is 8.36. The molecule has 3 aromatic rings. The van der Waals surface area contributed by atoms with Crippen LogP contribution in [0.4, 0.5) is 5.69 Å². The number of hydrogen-bond donors (Lipinski definition) is 1. The van der Waals surface area contributed by atoms with Gasteiger partial charge in [-0.25, -0.2) is 13.2 Å². The van der Waals surface area contributed by atoms with Crippen LogP contribution in [0.3, 0.4) is 0 Å². The van der Waals surface area contributed by atoms with E-state index in [9.17, 15) is 18.3 Å². The number of carbonyl (C=O) groups is 1. The van der Waals surface area contributed by atoms with Gasteiger partial charge < -0.3 is 9.84 Å². The van der Waals surface area contributed by atoms with Crippen molar-refractivity contribution in [2.45, 2.75) is 18.4 Å². The Kier molecular flexibility index (Phi) is 5.89. The first-order valence-electron chi connectivity index (χ1n) is 8.87. The Hall–Kier alpha value is -3.32. The molecule has 7 heteroatoms. The molecule has 0 saturated heterocycles. The summed E-state index contributed by atoms with van der Waals surface area (Å²) in [6.07, 6.45) is 0. The van der Waals surface area contributed by atoms with Crippen molar-refractivity contribution in [2.75, 3.05) is 11.4 Å². The average molecular weight is 411 g/mol. The summed E-state index contributed by atoms with van der Waals surface area (Å²) in [7, 11) is -2.54. The summed E-state index contributed by atoms with van der Waals surface area (Å²) in [6.45, 7) is 1.79. The first kappa shape index (κ1) is 20.4. The van der Waals surface area contributed by atoms with Gasteiger partial charge in [-0.1, -0.05) is 36.4 Å². The zero-order chi connectivity index (χ0) is 21.0. The molecule has 0 atom stereocenters. The minimum Gasteiger partial charge on any atom is -0.497 e. The van der Waals surface area contributed by atoms with Gasteiger partial charge in [-0.2, -0.15) is 0 Å². The smallest absolute Gasteiger partial charge is 0.337 e. The summed E-state index contributed by atoms with van der Waals surface area (Å²) in [5, 5.41) is 9.64. The van der Waals surface area contributed by atoms with E-state index in [-0.39, 0.29) is 22.7 Å². The van der Waals surface area contributed by atoms with E-state index in [1.54, 1.807) is 43.3 Å². The number of carboxylic acids is 1. The van der Waals surface area contributed by atoms with Crippen molar-refractivity contribution in [2.24, 2.45) is 0 Å². The zero-order valence-electron chi connectivity index (χ0n) is 16.1. The molecule has 150 valence electrons. The number of methoxy groups -OCH3 is 1. The van der Waals surface area contributed by atoms with Crippen LogP contribution in [0.25, 0.3) is 0 Å². The number of ether oxygens (including phenoxy) is 1. The van der Waals surface area contributed by atoms with Gasteiger partial charge in [0.15, 0.2) is 0 Å². The molecule has 0 aliphatic rings. The quantitative estimate of drug-likeness (QED) is 0.633. The largest absolute Gasteiger partial charge is 0.497 e. The van der Waals surface area contributed by atoms with E-state index in [1.165, 1.54) is 25.3 Å². The molecule has 29 heavy (non-hydrogen) atoms. The lowest BCUT2D eigenvalue weighted by atomic mass is 10.1. The van der Waals surface area contributed by atoms with Crippen LogP contribution in [-0.4, -0.2) is 26.6 Å². The Bertz CT molecular complexity index is 1110. The summed E-state index contributed by atoms with van der Waals surface area (Å²) < 4.78 is 33.3. The van der Waals surface area contributed by atoms with Crippen molar-refractivity contribution in [3.05, 3.63) is 89.5 Å². The van der Waals surface area contributed by atoms with Crippen molar-refractivity contribution >= 4 is 21.7 Å². The number of sulfonamides is 1. The SMILES string of the molecule is COc1ccc(S(=O)(=O)N(Cc2ccccc2)c2cc(C)ccc2C(=O)O)cc1. The Morgan fingerprint density at radius 3 is 2.24 bits per heavy atom. The molecule has 0 spiro atoms. The molecule has 3 aromatic carbocycles. The number of benzene rings is 3. The fourth-order valence-electron chi connectivity index (χ4n) is 2.95. The lowest BCUT2D eigenvalue weighted by Crippen LogP contribution is -2.32. The summed E-state index contributed by atoms with van der Waals surface area (Å²) in [4.78, 5) is 11.8. The highest BCUT2D eigenvalue weighted by Crippen LogP contribution is 2.31.